The van der Waals surface area contributed by atoms with Crippen LogP contribution < -0.4 is 11.1 Å². The van der Waals surface area contributed by atoms with Crippen molar-refractivity contribution >= 4 is 18.0 Å². The third-order valence-electron chi connectivity index (χ3n) is 3.02. The maximum Gasteiger partial charge on any atom is 0.408 e. The zero-order valence-corrected chi connectivity index (χ0v) is 16.0. The van der Waals surface area contributed by atoms with E-state index in [1.807, 2.05) is 0 Å². The number of aromatic nitrogens is 2. The van der Waals surface area contributed by atoms with E-state index in [9.17, 15) is 9.59 Å². The van der Waals surface area contributed by atoms with Crippen molar-refractivity contribution in [1.29, 1.82) is 0 Å². The minimum Gasteiger partial charge on any atom is -0.458 e. The fourth-order valence-electron chi connectivity index (χ4n) is 2.07. The molecule has 3 N–H and O–H groups in total. The topological polar surface area (TPSA) is 108 Å². The number of carbonyl (C=O) groups excluding carboxylic acids is 2. The van der Waals surface area contributed by atoms with Crippen LogP contribution in [-0.4, -0.2) is 38.9 Å². The van der Waals surface area contributed by atoms with Crippen molar-refractivity contribution in [2.45, 2.75) is 78.2 Å². The number of alkyl carbamates (subject to hydrolysis) is 1. The van der Waals surface area contributed by atoms with Gasteiger partial charge in [-0.2, -0.15) is 0 Å². The summed E-state index contributed by atoms with van der Waals surface area (Å²) in [4.78, 5) is 28.3. The number of imidazole rings is 1. The molecule has 1 amide bonds. The molecule has 1 aromatic heterocycles. The molecule has 0 fully saturated rings. The molecule has 1 atom stereocenters. The highest BCUT2D eigenvalue weighted by Gasteiger charge is 2.28. The second-order valence-electron chi connectivity index (χ2n) is 7.85. The Hall–Kier alpha value is -2.25. The minimum absolute atomic E-state index is 0.395. The van der Waals surface area contributed by atoms with Crippen molar-refractivity contribution in [3.05, 3.63) is 12.4 Å². The number of nitrogens with two attached hydrogens (primary N) is 1. The third-order valence-corrected chi connectivity index (χ3v) is 3.02. The molecule has 0 radical (unpaired) electrons. The summed E-state index contributed by atoms with van der Waals surface area (Å²) >= 11 is 0. The van der Waals surface area contributed by atoms with Gasteiger partial charge in [-0.15, -0.1) is 0 Å². The van der Waals surface area contributed by atoms with E-state index in [0.717, 1.165) is 0 Å². The number of anilines is 1. The largest absolute Gasteiger partial charge is 0.458 e. The molecular weight excluding hydrogens is 324 g/mol. The summed E-state index contributed by atoms with van der Waals surface area (Å²) < 4.78 is 12.4. The first-order valence-corrected chi connectivity index (χ1v) is 8.36. The van der Waals surface area contributed by atoms with Crippen LogP contribution >= 0.6 is 0 Å². The lowest BCUT2D eigenvalue weighted by atomic mass is 10.1. The Labute approximate surface area is 149 Å². The predicted octanol–water partition coefficient (Wildman–Crippen LogP) is 2.48. The number of esters is 1. The average Bonchev–Trinajstić information content (AvgIpc) is 2.79. The number of hydrogen-bond acceptors (Lipinski definition) is 6. The summed E-state index contributed by atoms with van der Waals surface area (Å²) in [6.45, 7) is 11.2. The van der Waals surface area contributed by atoms with Crippen molar-refractivity contribution in [2.24, 2.45) is 0 Å². The molecular formula is C17H30N4O4. The summed E-state index contributed by atoms with van der Waals surface area (Å²) in [7, 11) is 0. The number of nitrogens with zero attached hydrogens (tertiary/aromatic N) is 2. The summed E-state index contributed by atoms with van der Waals surface area (Å²) in [6.07, 6.45) is 3.73. The molecule has 0 aromatic carbocycles. The molecule has 0 saturated heterocycles. The molecule has 1 rings (SSSR count). The maximum absolute atomic E-state index is 12.4. The first kappa shape index (κ1) is 20.8. The first-order chi connectivity index (χ1) is 11.4. The molecule has 0 spiro atoms. The Balaban J connectivity index is 2.68. The lowest BCUT2D eigenvalue weighted by Gasteiger charge is -2.26. The Kier molecular flexibility index (Phi) is 6.84. The van der Waals surface area contributed by atoms with Gasteiger partial charge in [0.05, 0.1) is 0 Å². The standard InChI is InChI=1S/C17H30N4O4/c1-16(2,3)24-13(22)12(20-15(23)25-17(4,5)6)8-7-10-21-11-9-19-14(21)18/h9,11-12H,7-8,10H2,1-6H3,(H2,18,19)(H,20,23)/t12-/m0/s1. The van der Waals surface area contributed by atoms with Crippen molar-refractivity contribution in [3.63, 3.8) is 0 Å². The van der Waals surface area contributed by atoms with Crippen LogP contribution in [0.5, 0.6) is 0 Å². The van der Waals surface area contributed by atoms with Crippen molar-refractivity contribution < 1.29 is 19.1 Å². The second-order valence-corrected chi connectivity index (χ2v) is 7.85. The van der Waals surface area contributed by atoms with Gasteiger partial charge >= 0.3 is 12.1 Å². The normalized spacial score (nSPS) is 13.2. The molecule has 0 saturated carbocycles. The van der Waals surface area contributed by atoms with E-state index in [1.165, 1.54) is 0 Å². The number of ether oxygens (including phenoxy) is 2. The van der Waals surface area contributed by atoms with Gasteiger partial charge in [0.2, 0.25) is 0 Å². The van der Waals surface area contributed by atoms with Gasteiger partial charge in [0.25, 0.3) is 0 Å². The van der Waals surface area contributed by atoms with Gasteiger partial charge in [-0.05, 0) is 54.4 Å². The van der Waals surface area contributed by atoms with Crippen molar-refractivity contribution in [3.8, 4) is 0 Å². The molecule has 0 aliphatic carbocycles. The molecule has 0 aliphatic heterocycles. The quantitative estimate of drug-likeness (QED) is 0.760. The second kappa shape index (κ2) is 8.22. The summed E-state index contributed by atoms with van der Waals surface area (Å²) in [5.41, 5.74) is 4.44. The molecule has 142 valence electrons. The minimum atomic E-state index is -0.793. The molecule has 8 heteroatoms. The summed E-state index contributed by atoms with van der Waals surface area (Å²) in [6, 6.07) is -0.793. The highest BCUT2D eigenvalue weighted by molar-refractivity contribution is 5.81. The van der Waals surface area contributed by atoms with Crippen LogP contribution in [0.15, 0.2) is 12.4 Å². The molecule has 0 bridgehead atoms. The third kappa shape index (κ3) is 8.42. The van der Waals surface area contributed by atoms with E-state index in [4.69, 9.17) is 15.2 Å². The number of nitrogen functional groups attached to an aromatic ring is 1. The van der Waals surface area contributed by atoms with Crippen LogP contribution in [-0.2, 0) is 20.8 Å². The van der Waals surface area contributed by atoms with Gasteiger partial charge in [0, 0.05) is 18.9 Å². The first-order valence-electron chi connectivity index (χ1n) is 8.36. The van der Waals surface area contributed by atoms with E-state index >= 15 is 0 Å². The lowest BCUT2D eigenvalue weighted by Crippen LogP contribution is -2.46. The number of nitrogens with one attached hydrogen (secondary N) is 1. The van der Waals surface area contributed by atoms with Gasteiger partial charge in [-0.25, -0.2) is 14.6 Å². The smallest absolute Gasteiger partial charge is 0.408 e. The van der Waals surface area contributed by atoms with E-state index < -0.39 is 29.3 Å². The van der Waals surface area contributed by atoms with Crippen LogP contribution in [0.1, 0.15) is 54.4 Å². The monoisotopic (exact) mass is 354 g/mol. The molecule has 0 aliphatic rings. The number of amides is 1. The Morgan fingerprint density at radius 3 is 2.28 bits per heavy atom. The van der Waals surface area contributed by atoms with Gasteiger partial charge in [0.15, 0.2) is 5.95 Å². The lowest BCUT2D eigenvalue weighted by molar-refractivity contribution is -0.157. The van der Waals surface area contributed by atoms with E-state index in [-0.39, 0.29) is 0 Å². The molecule has 1 heterocycles. The van der Waals surface area contributed by atoms with E-state index in [0.29, 0.717) is 25.3 Å². The van der Waals surface area contributed by atoms with Gasteiger partial charge in [0.1, 0.15) is 17.2 Å². The van der Waals surface area contributed by atoms with Crippen LogP contribution in [0.2, 0.25) is 0 Å². The molecule has 8 nitrogen and oxygen atoms in total. The Morgan fingerprint density at radius 1 is 1.20 bits per heavy atom. The van der Waals surface area contributed by atoms with Crippen LogP contribution in [0, 0.1) is 0 Å². The fraction of sp³-hybridized carbons (Fsp3) is 0.706. The molecule has 1 aromatic rings. The fourth-order valence-corrected chi connectivity index (χ4v) is 2.07. The number of carbonyl (C=O) groups is 2. The highest BCUT2D eigenvalue weighted by atomic mass is 16.6. The Bertz CT molecular complexity index is 584. The molecule has 25 heavy (non-hydrogen) atoms. The number of rotatable bonds is 6. The van der Waals surface area contributed by atoms with Gasteiger partial charge in [-0.3, -0.25) is 0 Å². The van der Waals surface area contributed by atoms with Gasteiger partial charge < -0.3 is 25.1 Å². The highest BCUT2D eigenvalue weighted by Crippen LogP contribution is 2.13. The number of aryl methyl sites for hydroxylation is 1. The maximum atomic E-state index is 12.4. The van der Waals surface area contributed by atoms with Crippen molar-refractivity contribution in [2.75, 3.05) is 5.73 Å². The van der Waals surface area contributed by atoms with Gasteiger partial charge in [-0.1, -0.05) is 0 Å². The van der Waals surface area contributed by atoms with Crippen molar-refractivity contribution in [1.82, 2.24) is 14.9 Å². The zero-order chi connectivity index (χ0) is 19.3. The Morgan fingerprint density at radius 2 is 1.80 bits per heavy atom. The predicted molar refractivity (Wildman–Crippen MR) is 94.9 cm³/mol. The summed E-state index contributed by atoms with van der Waals surface area (Å²) in [5, 5.41) is 2.60. The number of hydrogen-bond donors (Lipinski definition) is 2. The summed E-state index contributed by atoms with van der Waals surface area (Å²) in [5.74, 6) is -0.0779. The van der Waals surface area contributed by atoms with Crippen LogP contribution in [0.3, 0.4) is 0 Å². The average molecular weight is 354 g/mol. The zero-order valence-electron chi connectivity index (χ0n) is 16.0. The van der Waals surface area contributed by atoms with Crippen LogP contribution in [0.25, 0.3) is 0 Å². The van der Waals surface area contributed by atoms with E-state index in [1.54, 1.807) is 58.5 Å². The van der Waals surface area contributed by atoms with E-state index in [2.05, 4.69) is 10.3 Å². The molecule has 0 unspecified atom stereocenters. The SMILES string of the molecule is CC(C)(C)OC(=O)N[C@@H](CCCn1ccnc1N)C(=O)OC(C)(C)C. The van der Waals surface area contributed by atoms with Crippen LogP contribution in [0.4, 0.5) is 10.7 Å².